The van der Waals surface area contributed by atoms with Crippen LogP contribution in [-0.4, -0.2) is 12.7 Å². The summed E-state index contributed by atoms with van der Waals surface area (Å²) in [6, 6.07) is 5.21. The highest BCUT2D eigenvalue weighted by molar-refractivity contribution is 5.25. The molecule has 86 valence electrons. The first-order chi connectivity index (χ1) is 7.55. The number of hydrogen-bond donors (Lipinski definition) is 0. The minimum Gasteiger partial charge on any atom is -0.370 e. The average molecular weight is 228 g/mol. The van der Waals surface area contributed by atoms with Crippen molar-refractivity contribution in [2.45, 2.75) is 18.7 Å². The van der Waals surface area contributed by atoms with Crippen molar-refractivity contribution in [3.05, 3.63) is 47.5 Å². The smallest absolute Gasteiger partial charge is 0.370 e. The van der Waals surface area contributed by atoms with E-state index in [-0.39, 0.29) is 6.10 Å². The van der Waals surface area contributed by atoms with Gasteiger partial charge in [-0.3, -0.25) is 0 Å². The fourth-order valence-electron chi connectivity index (χ4n) is 1.63. The van der Waals surface area contributed by atoms with E-state index in [0.29, 0.717) is 13.0 Å². The van der Waals surface area contributed by atoms with E-state index in [1.165, 1.54) is 12.1 Å². The summed E-state index contributed by atoms with van der Waals surface area (Å²) in [7, 11) is 0. The van der Waals surface area contributed by atoms with Crippen LogP contribution in [0, 0.1) is 0 Å². The predicted molar refractivity (Wildman–Crippen MR) is 54.0 cm³/mol. The number of rotatable bonds is 2. The topological polar surface area (TPSA) is 9.23 Å². The Balaban J connectivity index is 2.04. The molecular weight excluding hydrogens is 217 g/mol. The lowest BCUT2D eigenvalue weighted by Crippen LogP contribution is -2.09. The molecule has 2 rings (SSSR count). The van der Waals surface area contributed by atoms with E-state index in [1.54, 1.807) is 0 Å². The Labute approximate surface area is 91.5 Å². The van der Waals surface area contributed by atoms with Crippen molar-refractivity contribution in [3.8, 4) is 0 Å². The van der Waals surface area contributed by atoms with Crippen molar-refractivity contribution < 1.29 is 17.9 Å². The first kappa shape index (κ1) is 11.2. The molecule has 0 fully saturated rings. The summed E-state index contributed by atoms with van der Waals surface area (Å²) in [6.45, 7) is 0.589. The molecule has 0 amide bonds. The van der Waals surface area contributed by atoms with Crippen LogP contribution >= 0.6 is 0 Å². The van der Waals surface area contributed by atoms with Gasteiger partial charge in [0.2, 0.25) is 0 Å². The van der Waals surface area contributed by atoms with Crippen LogP contribution in [0.15, 0.2) is 36.4 Å². The monoisotopic (exact) mass is 228 g/mol. The minimum atomic E-state index is -4.26. The third-order valence-corrected chi connectivity index (χ3v) is 2.48. The Morgan fingerprint density at radius 2 is 1.88 bits per heavy atom. The summed E-state index contributed by atoms with van der Waals surface area (Å²) in [5.41, 5.74) is 0.240. The molecule has 1 aromatic rings. The summed E-state index contributed by atoms with van der Waals surface area (Å²) in [6.07, 6.45) is 0.195. The highest BCUT2D eigenvalue weighted by Gasteiger charge is 2.29. The molecule has 1 atom stereocenters. The van der Waals surface area contributed by atoms with Crippen LogP contribution in [-0.2, 0) is 17.3 Å². The van der Waals surface area contributed by atoms with Crippen molar-refractivity contribution in [1.82, 2.24) is 0 Å². The lowest BCUT2D eigenvalue weighted by Gasteiger charge is -2.10. The van der Waals surface area contributed by atoms with E-state index in [9.17, 15) is 13.2 Å². The molecular formula is C12H11F3O. The normalized spacial score (nSPS) is 20.3. The van der Waals surface area contributed by atoms with Gasteiger partial charge in [0.1, 0.15) is 0 Å². The van der Waals surface area contributed by atoms with Crippen LogP contribution < -0.4 is 0 Å². The third-order valence-electron chi connectivity index (χ3n) is 2.48. The van der Waals surface area contributed by atoms with Crippen molar-refractivity contribution in [2.75, 3.05) is 6.61 Å². The van der Waals surface area contributed by atoms with E-state index >= 15 is 0 Å². The highest BCUT2D eigenvalue weighted by Crippen LogP contribution is 2.29. The molecule has 0 radical (unpaired) electrons. The molecule has 1 aromatic carbocycles. The lowest BCUT2D eigenvalue weighted by molar-refractivity contribution is -0.137. The molecule has 0 bridgehead atoms. The zero-order chi connectivity index (χ0) is 11.6. The Hall–Kier alpha value is -1.29. The first-order valence-corrected chi connectivity index (χ1v) is 5.00. The van der Waals surface area contributed by atoms with E-state index in [0.717, 1.165) is 17.7 Å². The van der Waals surface area contributed by atoms with Gasteiger partial charge < -0.3 is 4.74 Å². The van der Waals surface area contributed by atoms with E-state index in [2.05, 4.69) is 0 Å². The molecule has 0 aliphatic carbocycles. The zero-order valence-electron chi connectivity index (χ0n) is 8.50. The molecule has 0 saturated heterocycles. The Kier molecular flexibility index (Phi) is 3.01. The van der Waals surface area contributed by atoms with Crippen LogP contribution in [0.2, 0.25) is 0 Å². The van der Waals surface area contributed by atoms with Gasteiger partial charge in [-0.15, -0.1) is 0 Å². The maximum absolute atomic E-state index is 12.3. The fourth-order valence-corrected chi connectivity index (χ4v) is 1.63. The van der Waals surface area contributed by atoms with Gasteiger partial charge in [-0.05, 0) is 17.7 Å². The summed E-state index contributed by atoms with van der Waals surface area (Å²) in [4.78, 5) is 0. The molecule has 1 heterocycles. The maximum Gasteiger partial charge on any atom is 0.416 e. The molecule has 0 aromatic heterocycles. The molecule has 0 unspecified atom stereocenters. The minimum absolute atomic E-state index is 0.00302. The fraction of sp³-hybridized carbons (Fsp3) is 0.333. The Morgan fingerprint density at radius 1 is 1.19 bits per heavy atom. The largest absolute Gasteiger partial charge is 0.416 e. The Bertz CT molecular complexity index is 378. The maximum atomic E-state index is 12.3. The summed E-state index contributed by atoms with van der Waals surface area (Å²) in [5, 5.41) is 0. The standard InChI is InChI=1S/C12H11F3O/c13-12(14,15)10-5-3-9(4-6-10)8-11-2-1-7-16-11/h1-6,11H,7-8H2/t11-/m1/s1. The zero-order valence-corrected chi connectivity index (χ0v) is 8.50. The van der Waals surface area contributed by atoms with Crippen molar-refractivity contribution in [1.29, 1.82) is 0 Å². The van der Waals surface area contributed by atoms with Crippen LogP contribution in [0.4, 0.5) is 13.2 Å². The van der Waals surface area contributed by atoms with Crippen molar-refractivity contribution in [2.24, 2.45) is 0 Å². The molecule has 1 nitrogen and oxygen atoms in total. The van der Waals surface area contributed by atoms with Crippen molar-refractivity contribution >= 4 is 0 Å². The van der Waals surface area contributed by atoms with Gasteiger partial charge in [0.05, 0.1) is 18.3 Å². The molecule has 16 heavy (non-hydrogen) atoms. The van der Waals surface area contributed by atoms with E-state index in [1.807, 2.05) is 12.2 Å². The number of benzene rings is 1. The van der Waals surface area contributed by atoms with E-state index in [4.69, 9.17) is 4.74 Å². The second-order valence-corrected chi connectivity index (χ2v) is 3.70. The average Bonchev–Trinajstić information content (AvgIpc) is 2.70. The lowest BCUT2D eigenvalue weighted by atomic mass is 10.1. The first-order valence-electron chi connectivity index (χ1n) is 5.00. The van der Waals surface area contributed by atoms with Gasteiger partial charge in [0, 0.05) is 6.42 Å². The second-order valence-electron chi connectivity index (χ2n) is 3.70. The van der Waals surface area contributed by atoms with Gasteiger partial charge in [-0.25, -0.2) is 0 Å². The molecule has 0 spiro atoms. The Morgan fingerprint density at radius 3 is 2.38 bits per heavy atom. The van der Waals surface area contributed by atoms with Gasteiger partial charge in [0.25, 0.3) is 0 Å². The second kappa shape index (κ2) is 4.29. The number of alkyl halides is 3. The summed E-state index contributed by atoms with van der Waals surface area (Å²) < 4.78 is 42.2. The molecule has 0 saturated carbocycles. The predicted octanol–water partition coefficient (Wildman–Crippen LogP) is 3.20. The number of halogens is 3. The summed E-state index contributed by atoms with van der Waals surface area (Å²) >= 11 is 0. The number of hydrogen-bond acceptors (Lipinski definition) is 1. The van der Waals surface area contributed by atoms with Crippen LogP contribution in [0.1, 0.15) is 11.1 Å². The van der Waals surface area contributed by atoms with Crippen molar-refractivity contribution in [3.63, 3.8) is 0 Å². The van der Waals surface area contributed by atoms with E-state index < -0.39 is 11.7 Å². The highest BCUT2D eigenvalue weighted by atomic mass is 19.4. The summed E-state index contributed by atoms with van der Waals surface area (Å²) in [5.74, 6) is 0. The quantitative estimate of drug-likeness (QED) is 0.706. The third kappa shape index (κ3) is 2.64. The van der Waals surface area contributed by atoms with Gasteiger partial charge in [-0.2, -0.15) is 13.2 Å². The van der Waals surface area contributed by atoms with Gasteiger partial charge in [-0.1, -0.05) is 24.3 Å². The molecule has 0 N–H and O–H groups in total. The molecule has 1 aliphatic heterocycles. The SMILES string of the molecule is FC(F)(F)c1ccc(C[C@H]2C=CCO2)cc1. The van der Waals surface area contributed by atoms with Gasteiger partial charge in [0.15, 0.2) is 0 Å². The molecule has 1 aliphatic rings. The molecule has 4 heteroatoms. The van der Waals surface area contributed by atoms with Crippen LogP contribution in [0.3, 0.4) is 0 Å². The number of ether oxygens (including phenoxy) is 1. The van der Waals surface area contributed by atoms with Gasteiger partial charge >= 0.3 is 6.18 Å². The van der Waals surface area contributed by atoms with Crippen LogP contribution in [0.25, 0.3) is 0 Å². The van der Waals surface area contributed by atoms with Crippen LogP contribution in [0.5, 0.6) is 0 Å².